The van der Waals surface area contributed by atoms with E-state index in [1.54, 1.807) is 11.0 Å². The van der Waals surface area contributed by atoms with E-state index >= 15 is 4.39 Å². The number of nitrogens with two attached hydrogens (primary N) is 1. The van der Waals surface area contributed by atoms with Crippen molar-refractivity contribution in [3.8, 4) is 0 Å². The zero-order valence-electron chi connectivity index (χ0n) is 14.5. The number of piperidine rings is 1. The van der Waals surface area contributed by atoms with E-state index in [0.717, 1.165) is 12.8 Å². The summed E-state index contributed by atoms with van der Waals surface area (Å²) < 4.78 is 19.8. The van der Waals surface area contributed by atoms with Gasteiger partial charge in [0.1, 0.15) is 5.69 Å². The number of carbonyl (C=O) groups is 2. The Hall–Kier alpha value is -2.12. The molecule has 3 N–H and O–H groups in total. The Morgan fingerprint density at radius 2 is 2.23 bits per heavy atom. The van der Waals surface area contributed by atoms with E-state index < -0.39 is 11.8 Å². The Labute approximate surface area is 155 Å². The number of esters is 1. The van der Waals surface area contributed by atoms with Crippen LogP contribution < -0.4 is 5.73 Å². The Morgan fingerprint density at radius 1 is 1.46 bits per heavy atom. The Balaban J connectivity index is 1.96. The van der Waals surface area contributed by atoms with E-state index in [2.05, 4.69) is 9.72 Å². The van der Waals surface area contributed by atoms with Crippen molar-refractivity contribution < 1.29 is 18.7 Å². The smallest absolute Gasteiger partial charge is 0.354 e. The number of rotatable bonds is 4. The van der Waals surface area contributed by atoms with Crippen LogP contribution in [0.4, 0.5) is 4.39 Å². The van der Waals surface area contributed by atoms with Gasteiger partial charge in [-0.15, -0.1) is 0 Å². The molecule has 0 aliphatic carbocycles. The van der Waals surface area contributed by atoms with Crippen LogP contribution in [0.3, 0.4) is 0 Å². The third-order valence-electron chi connectivity index (χ3n) is 4.81. The number of benzene rings is 1. The molecule has 1 atom stereocenters. The molecule has 3 rings (SSSR count). The number of aromatic nitrogens is 1. The van der Waals surface area contributed by atoms with Crippen LogP contribution in [0.25, 0.3) is 10.9 Å². The SMILES string of the molecule is COC(=O)c1cc2c(Cl)cc(C3CCCN(C(=O)CCN)C3)c(F)c2[nH]1. The van der Waals surface area contributed by atoms with Crippen LogP contribution in [-0.4, -0.2) is 48.5 Å². The molecule has 1 aliphatic heterocycles. The normalized spacial score (nSPS) is 17.5. The molecular weight excluding hydrogens is 361 g/mol. The molecule has 26 heavy (non-hydrogen) atoms. The van der Waals surface area contributed by atoms with E-state index in [-0.39, 0.29) is 29.5 Å². The lowest BCUT2D eigenvalue weighted by Crippen LogP contribution is -2.40. The average molecular weight is 382 g/mol. The first-order valence-corrected chi connectivity index (χ1v) is 8.90. The summed E-state index contributed by atoms with van der Waals surface area (Å²) in [6.07, 6.45) is 1.83. The maximum atomic E-state index is 15.1. The number of hydrogen-bond acceptors (Lipinski definition) is 4. The lowest BCUT2D eigenvalue weighted by Gasteiger charge is -2.33. The summed E-state index contributed by atoms with van der Waals surface area (Å²) in [4.78, 5) is 28.3. The van der Waals surface area contributed by atoms with Gasteiger partial charge >= 0.3 is 5.97 Å². The minimum Gasteiger partial charge on any atom is -0.464 e. The first-order valence-electron chi connectivity index (χ1n) is 8.53. The Morgan fingerprint density at radius 3 is 2.92 bits per heavy atom. The van der Waals surface area contributed by atoms with Crippen molar-refractivity contribution in [2.75, 3.05) is 26.7 Å². The number of fused-ring (bicyclic) bond motifs is 1. The molecule has 0 saturated carbocycles. The van der Waals surface area contributed by atoms with E-state index in [9.17, 15) is 9.59 Å². The fourth-order valence-electron chi connectivity index (χ4n) is 3.49. The van der Waals surface area contributed by atoms with E-state index in [1.165, 1.54) is 13.2 Å². The van der Waals surface area contributed by atoms with Gasteiger partial charge in [-0.3, -0.25) is 4.79 Å². The van der Waals surface area contributed by atoms with Crippen molar-refractivity contribution in [3.63, 3.8) is 0 Å². The summed E-state index contributed by atoms with van der Waals surface area (Å²) in [6, 6.07) is 3.07. The monoisotopic (exact) mass is 381 g/mol. The van der Waals surface area contributed by atoms with Crippen LogP contribution in [0, 0.1) is 5.82 Å². The molecule has 0 bridgehead atoms. The zero-order valence-corrected chi connectivity index (χ0v) is 15.2. The quantitative estimate of drug-likeness (QED) is 0.797. The molecule has 2 aromatic rings. The number of aromatic amines is 1. The number of amides is 1. The number of likely N-dealkylation sites (tertiary alicyclic amines) is 1. The topological polar surface area (TPSA) is 88.4 Å². The highest BCUT2D eigenvalue weighted by Crippen LogP contribution is 2.36. The highest BCUT2D eigenvalue weighted by atomic mass is 35.5. The van der Waals surface area contributed by atoms with Crippen molar-refractivity contribution in [1.29, 1.82) is 0 Å². The van der Waals surface area contributed by atoms with Crippen molar-refractivity contribution in [2.45, 2.75) is 25.2 Å². The lowest BCUT2D eigenvalue weighted by molar-refractivity contribution is -0.132. The number of methoxy groups -OCH3 is 1. The number of carbonyl (C=O) groups excluding carboxylic acids is 2. The summed E-state index contributed by atoms with van der Waals surface area (Å²) >= 11 is 6.33. The van der Waals surface area contributed by atoms with Gasteiger partial charge in [0.25, 0.3) is 0 Å². The van der Waals surface area contributed by atoms with Gasteiger partial charge in [-0.2, -0.15) is 0 Å². The second-order valence-electron chi connectivity index (χ2n) is 6.44. The molecule has 1 aromatic carbocycles. The fraction of sp³-hybridized carbons (Fsp3) is 0.444. The van der Waals surface area contributed by atoms with Crippen molar-refractivity contribution in [1.82, 2.24) is 9.88 Å². The number of halogens is 2. The number of ether oxygens (including phenoxy) is 1. The summed E-state index contributed by atoms with van der Waals surface area (Å²) in [6.45, 7) is 1.38. The van der Waals surface area contributed by atoms with Gasteiger partial charge in [-0.25, -0.2) is 9.18 Å². The number of nitrogens with zero attached hydrogens (tertiary/aromatic N) is 1. The van der Waals surface area contributed by atoms with Gasteiger partial charge in [0.05, 0.1) is 17.6 Å². The van der Waals surface area contributed by atoms with Gasteiger partial charge < -0.3 is 20.4 Å². The molecule has 140 valence electrons. The molecule has 1 aromatic heterocycles. The van der Waals surface area contributed by atoms with Crippen LogP contribution in [0.15, 0.2) is 12.1 Å². The summed E-state index contributed by atoms with van der Waals surface area (Å²) in [5.74, 6) is -1.21. The first-order chi connectivity index (χ1) is 12.5. The highest BCUT2D eigenvalue weighted by Gasteiger charge is 2.28. The third kappa shape index (κ3) is 3.41. The number of nitrogens with one attached hydrogen (secondary N) is 1. The minimum absolute atomic E-state index is 0.0161. The molecule has 1 saturated heterocycles. The molecular formula is C18H21ClFN3O3. The van der Waals surface area contributed by atoms with Gasteiger partial charge in [0.15, 0.2) is 5.82 Å². The van der Waals surface area contributed by atoms with Gasteiger partial charge in [0.2, 0.25) is 5.91 Å². The predicted octanol–water partition coefficient (Wildman–Crippen LogP) is 2.80. The average Bonchev–Trinajstić information content (AvgIpc) is 3.11. The molecule has 1 fully saturated rings. The number of hydrogen-bond donors (Lipinski definition) is 2. The Bertz CT molecular complexity index is 852. The van der Waals surface area contributed by atoms with Crippen LogP contribution in [0.1, 0.15) is 41.2 Å². The van der Waals surface area contributed by atoms with Crippen molar-refractivity contribution >= 4 is 34.4 Å². The molecule has 0 spiro atoms. The van der Waals surface area contributed by atoms with Crippen LogP contribution in [-0.2, 0) is 9.53 Å². The minimum atomic E-state index is -0.588. The van der Waals surface area contributed by atoms with Gasteiger partial charge in [-0.1, -0.05) is 11.6 Å². The van der Waals surface area contributed by atoms with Gasteiger partial charge in [0, 0.05) is 37.4 Å². The summed E-state index contributed by atoms with van der Waals surface area (Å²) in [7, 11) is 1.26. The van der Waals surface area contributed by atoms with E-state index in [1.807, 2.05) is 0 Å². The second-order valence-corrected chi connectivity index (χ2v) is 6.85. The van der Waals surface area contributed by atoms with Gasteiger partial charge in [-0.05, 0) is 30.5 Å². The maximum absolute atomic E-state index is 15.1. The van der Waals surface area contributed by atoms with Crippen molar-refractivity contribution in [2.24, 2.45) is 5.73 Å². The maximum Gasteiger partial charge on any atom is 0.354 e. The zero-order chi connectivity index (χ0) is 18.8. The van der Waals surface area contributed by atoms with Crippen molar-refractivity contribution in [3.05, 3.63) is 34.2 Å². The van der Waals surface area contributed by atoms with Crippen LogP contribution in [0.5, 0.6) is 0 Å². The third-order valence-corrected chi connectivity index (χ3v) is 5.12. The molecule has 1 aliphatic rings. The molecule has 0 radical (unpaired) electrons. The molecule has 2 heterocycles. The largest absolute Gasteiger partial charge is 0.464 e. The number of H-pyrrole nitrogens is 1. The summed E-state index contributed by atoms with van der Waals surface area (Å²) in [5.41, 5.74) is 6.23. The fourth-order valence-corrected chi connectivity index (χ4v) is 3.76. The van der Waals surface area contributed by atoms with E-state index in [4.69, 9.17) is 17.3 Å². The molecule has 1 unspecified atom stereocenters. The molecule has 8 heteroatoms. The van der Waals surface area contributed by atoms with Crippen LogP contribution in [0.2, 0.25) is 5.02 Å². The summed E-state index contributed by atoms with van der Waals surface area (Å²) in [5, 5.41) is 0.786. The lowest BCUT2D eigenvalue weighted by atomic mass is 9.89. The predicted molar refractivity (Wildman–Crippen MR) is 96.8 cm³/mol. The standard InChI is InChI=1S/C18H21ClFN3O3/c1-26-18(25)14-8-12-13(19)7-11(16(20)17(12)22-14)10-3-2-6-23(9-10)15(24)4-5-21/h7-8,10,22H,2-6,9,21H2,1H3. The highest BCUT2D eigenvalue weighted by molar-refractivity contribution is 6.35. The second kappa shape index (κ2) is 7.63. The molecule has 1 amide bonds. The first kappa shape index (κ1) is 18.7. The Kier molecular flexibility index (Phi) is 5.48. The van der Waals surface area contributed by atoms with Crippen LogP contribution >= 0.6 is 11.6 Å². The van der Waals surface area contributed by atoms with E-state index in [0.29, 0.717) is 35.6 Å². The molecule has 6 nitrogen and oxygen atoms in total.